The number of hydrogen-bond acceptors (Lipinski definition) is 9. The molecule has 0 bridgehead atoms. The van der Waals surface area contributed by atoms with Gasteiger partial charge in [-0.05, 0) is 34.6 Å². The molecular formula is C16H26N2O8. The van der Waals surface area contributed by atoms with Gasteiger partial charge in [-0.2, -0.15) is 5.10 Å². The minimum absolute atomic E-state index is 0.0111. The van der Waals surface area contributed by atoms with E-state index in [0.717, 1.165) is 14.2 Å². The number of amides is 1. The van der Waals surface area contributed by atoms with Crippen molar-refractivity contribution in [2.45, 2.75) is 40.2 Å². The second-order valence-corrected chi connectivity index (χ2v) is 6.12. The Balaban J connectivity index is 5.67. The van der Waals surface area contributed by atoms with E-state index >= 15 is 0 Å². The summed E-state index contributed by atoms with van der Waals surface area (Å²) < 4.78 is 19.1. The fourth-order valence-electron chi connectivity index (χ4n) is 1.91. The third-order valence-corrected chi connectivity index (χ3v) is 2.96. The summed E-state index contributed by atoms with van der Waals surface area (Å²) in [4.78, 5) is 48.0. The first kappa shape index (κ1) is 23.4. The minimum atomic E-state index is -1.63. The Labute approximate surface area is 152 Å². The zero-order valence-corrected chi connectivity index (χ0v) is 16.1. The van der Waals surface area contributed by atoms with Gasteiger partial charge in [0, 0.05) is 0 Å². The zero-order valence-electron chi connectivity index (χ0n) is 16.1. The van der Waals surface area contributed by atoms with Crippen molar-refractivity contribution in [2.75, 3.05) is 20.8 Å². The summed E-state index contributed by atoms with van der Waals surface area (Å²) in [7, 11) is 2.12. The van der Waals surface area contributed by atoms with E-state index < -0.39 is 41.4 Å². The van der Waals surface area contributed by atoms with Crippen LogP contribution in [0.1, 0.15) is 34.6 Å². The number of hydrazone groups is 1. The van der Waals surface area contributed by atoms with Gasteiger partial charge in [0.15, 0.2) is 5.92 Å². The molecule has 0 aliphatic rings. The normalized spacial score (nSPS) is 12.8. The van der Waals surface area contributed by atoms with Crippen LogP contribution >= 0.6 is 0 Å². The summed E-state index contributed by atoms with van der Waals surface area (Å²) >= 11 is 0. The maximum Gasteiger partial charge on any atom is 0.428 e. The first-order valence-corrected chi connectivity index (χ1v) is 7.83. The van der Waals surface area contributed by atoms with Gasteiger partial charge >= 0.3 is 24.0 Å². The van der Waals surface area contributed by atoms with Crippen LogP contribution in [0.25, 0.3) is 0 Å². The van der Waals surface area contributed by atoms with Crippen LogP contribution in [0.2, 0.25) is 0 Å². The molecule has 148 valence electrons. The summed E-state index contributed by atoms with van der Waals surface area (Å²) in [6.07, 6.45) is -0.868. The van der Waals surface area contributed by atoms with Gasteiger partial charge in [0.25, 0.3) is 0 Å². The Morgan fingerprint density at radius 1 is 0.962 bits per heavy atom. The van der Waals surface area contributed by atoms with Gasteiger partial charge in [-0.3, -0.25) is 14.4 Å². The third kappa shape index (κ3) is 7.49. The number of nitrogens with one attached hydrogen (secondary N) is 1. The highest BCUT2D eigenvalue weighted by molar-refractivity contribution is 6.10. The number of methoxy groups -OCH3 is 2. The smallest absolute Gasteiger partial charge is 0.428 e. The summed E-state index contributed by atoms with van der Waals surface area (Å²) in [5, 5.41) is 3.74. The standard InChI is InChI=1S/C16H26N2O8/c1-8-25-14(21)10(11(12(19)23-6)13(20)24-7)9(2)17-18-15(22)26-16(3,4)5/h10-11H,8H2,1-7H3,(H,18,22)/b17-9+. The van der Waals surface area contributed by atoms with Crippen molar-refractivity contribution < 1.29 is 38.1 Å². The third-order valence-electron chi connectivity index (χ3n) is 2.96. The number of rotatable bonds is 7. The molecule has 0 aromatic carbocycles. The summed E-state index contributed by atoms with van der Waals surface area (Å²) in [5.41, 5.74) is 1.28. The lowest BCUT2D eigenvalue weighted by Gasteiger charge is -2.22. The first-order chi connectivity index (χ1) is 12.0. The van der Waals surface area contributed by atoms with Crippen molar-refractivity contribution in [1.82, 2.24) is 5.43 Å². The van der Waals surface area contributed by atoms with Crippen LogP contribution in [-0.2, 0) is 33.3 Å². The first-order valence-electron chi connectivity index (χ1n) is 7.83. The second-order valence-electron chi connectivity index (χ2n) is 6.12. The molecule has 0 rings (SSSR count). The number of nitrogens with zero attached hydrogens (tertiary/aromatic N) is 1. The van der Waals surface area contributed by atoms with Gasteiger partial charge < -0.3 is 18.9 Å². The van der Waals surface area contributed by atoms with Gasteiger partial charge in [0.1, 0.15) is 11.5 Å². The lowest BCUT2D eigenvalue weighted by atomic mass is 9.88. The molecule has 1 unspecified atom stereocenters. The minimum Gasteiger partial charge on any atom is -0.468 e. The molecule has 0 aromatic heterocycles. The van der Waals surface area contributed by atoms with E-state index in [-0.39, 0.29) is 12.3 Å². The van der Waals surface area contributed by atoms with E-state index in [1.54, 1.807) is 27.7 Å². The van der Waals surface area contributed by atoms with Gasteiger partial charge in [-0.25, -0.2) is 10.2 Å². The Morgan fingerprint density at radius 2 is 1.46 bits per heavy atom. The van der Waals surface area contributed by atoms with Gasteiger partial charge in [0.05, 0.1) is 26.5 Å². The quantitative estimate of drug-likeness (QED) is 0.230. The highest BCUT2D eigenvalue weighted by Gasteiger charge is 2.44. The Hall–Kier alpha value is -2.65. The molecular weight excluding hydrogens is 348 g/mol. The maximum absolute atomic E-state index is 12.3. The maximum atomic E-state index is 12.3. The van der Waals surface area contributed by atoms with Crippen LogP contribution in [0, 0.1) is 11.8 Å². The molecule has 1 atom stereocenters. The Bertz CT molecular complexity index is 549. The molecule has 0 aliphatic heterocycles. The van der Waals surface area contributed by atoms with Crippen LogP contribution in [0.4, 0.5) is 4.79 Å². The van der Waals surface area contributed by atoms with Crippen LogP contribution in [0.5, 0.6) is 0 Å². The van der Waals surface area contributed by atoms with Gasteiger partial charge in [-0.1, -0.05) is 0 Å². The lowest BCUT2D eigenvalue weighted by molar-refractivity contribution is -0.166. The predicted octanol–water partition coefficient (Wildman–Crippen LogP) is 1.03. The number of carbonyl (C=O) groups excluding carboxylic acids is 4. The number of esters is 3. The topological polar surface area (TPSA) is 130 Å². The van der Waals surface area contributed by atoms with E-state index in [9.17, 15) is 19.2 Å². The molecule has 26 heavy (non-hydrogen) atoms. The number of ether oxygens (including phenoxy) is 4. The molecule has 0 fully saturated rings. The van der Waals surface area contributed by atoms with E-state index in [4.69, 9.17) is 9.47 Å². The molecule has 1 N–H and O–H groups in total. The Kier molecular flexibility index (Phi) is 9.31. The summed E-state index contributed by atoms with van der Waals surface area (Å²) in [5.74, 6) is -5.96. The zero-order chi connectivity index (χ0) is 20.5. The van der Waals surface area contributed by atoms with Crippen LogP contribution in [0.15, 0.2) is 5.10 Å². The van der Waals surface area contributed by atoms with Crippen LogP contribution in [-0.4, -0.2) is 56.1 Å². The average Bonchev–Trinajstić information content (AvgIpc) is 2.54. The van der Waals surface area contributed by atoms with E-state index in [1.807, 2.05) is 0 Å². The fraction of sp³-hybridized carbons (Fsp3) is 0.688. The van der Waals surface area contributed by atoms with Crippen molar-refractivity contribution in [3.63, 3.8) is 0 Å². The number of carbonyl (C=O) groups is 4. The van der Waals surface area contributed by atoms with Crippen LogP contribution < -0.4 is 5.43 Å². The van der Waals surface area contributed by atoms with Crippen molar-refractivity contribution in [3.8, 4) is 0 Å². The van der Waals surface area contributed by atoms with E-state index in [2.05, 4.69) is 20.0 Å². The predicted molar refractivity (Wildman–Crippen MR) is 90.1 cm³/mol. The molecule has 0 saturated heterocycles. The molecule has 10 nitrogen and oxygen atoms in total. The second kappa shape index (κ2) is 10.4. The van der Waals surface area contributed by atoms with Crippen molar-refractivity contribution >= 4 is 29.7 Å². The summed E-state index contributed by atoms with van der Waals surface area (Å²) in [6.45, 7) is 7.90. The van der Waals surface area contributed by atoms with Gasteiger partial charge in [-0.15, -0.1) is 0 Å². The average molecular weight is 374 g/mol. The molecule has 0 saturated carbocycles. The summed E-state index contributed by atoms with van der Waals surface area (Å²) in [6, 6.07) is 0. The lowest BCUT2D eigenvalue weighted by Crippen LogP contribution is -2.42. The molecule has 1 amide bonds. The highest BCUT2D eigenvalue weighted by atomic mass is 16.6. The molecule has 10 heteroatoms. The fourth-order valence-corrected chi connectivity index (χ4v) is 1.91. The Morgan fingerprint density at radius 3 is 1.85 bits per heavy atom. The van der Waals surface area contributed by atoms with E-state index in [0.29, 0.717) is 0 Å². The van der Waals surface area contributed by atoms with Crippen LogP contribution in [0.3, 0.4) is 0 Å². The highest BCUT2D eigenvalue weighted by Crippen LogP contribution is 2.20. The number of hydrogen-bond donors (Lipinski definition) is 1. The SMILES string of the molecule is CCOC(=O)C(/C(C)=N/NC(=O)OC(C)(C)C)C(C(=O)OC)C(=O)OC. The molecule has 0 aromatic rings. The molecule has 0 heterocycles. The molecule has 0 radical (unpaired) electrons. The monoisotopic (exact) mass is 374 g/mol. The molecule has 0 spiro atoms. The van der Waals surface area contributed by atoms with Crippen molar-refractivity contribution in [1.29, 1.82) is 0 Å². The van der Waals surface area contributed by atoms with Crippen molar-refractivity contribution in [2.24, 2.45) is 16.9 Å². The van der Waals surface area contributed by atoms with Gasteiger partial charge in [0.2, 0.25) is 0 Å². The largest absolute Gasteiger partial charge is 0.468 e. The van der Waals surface area contributed by atoms with E-state index in [1.165, 1.54) is 6.92 Å². The van der Waals surface area contributed by atoms with Crippen molar-refractivity contribution in [3.05, 3.63) is 0 Å². The molecule has 0 aliphatic carbocycles.